The first-order valence-corrected chi connectivity index (χ1v) is 16.1. The van der Waals surface area contributed by atoms with Crippen molar-refractivity contribution in [2.75, 3.05) is 36.1 Å². The molecule has 8 nitrogen and oxygen atoms in total. The van der Waals surface area contributed by atoms with Crippen LogP contribution < -0.4 is 14.5 Å². The van der Waals surface area contributed by atoms with Crippen molar-refractivity contribution in [3.05, 3.63) is 76.6 Å². The number of nitrogens with zero attached hydrogens (tertiary/aromatic N) is 4. The number of rotatable bonds is 14. The molecule has 0 aliphatic heterocycles. The molecule has 0 amide bonds. The number of hydrogen-bond acceptors (Lipinski definition) is 7. The number of halogens is 9. The van der Waals surface area contributed by atoms with Gasteiger partial charge in [0.2, 0.25) is 5.95 Å². The van der Waals surface area contributed by atoms with Crippen molar-refractivity contribution >= 4 is 17.6 Å². The van der Waals surface area contributed by atoms with Crippen LogP contribution in [-0.4, -0.2) is 52.5 Å². The highest BCUT2D eigenvalue weighted by Gasteiger charge is 2.37. The molecule has 280 valence electrons. The van der Waals surface area contributed by atoms with E-state index in [9.17, 15) is 44.3 Å². The second kappa shape index (κ2) is 16.4. The first kappa shape index (κ1) is 39.5. The van der Waals surface area contributed by atoms with Crippen LogP contribution in [0.5, 0.6) is 5.75 Å². The van der Waals surface area contributed by atoms with Gasteiger partial charge in [-0.1, -0.05) is 0 Å². The lowest BCUT2D eigenvalue weighted by Gasteiger charge is -2.35. The van der Waals surface area contributed by atoms with Crippen molar-refractivity contribution in [3.8, 4) is 5.75 Å². The molecule has 4 rings (SSSR count). The highest BCUT2D eigenvalue weighted by atomic mass is 19.4. The smallest absolute Gasteiger partial charge is 0.416 e. The molecule has 0 radical (unpaired) electrons. The molecule has 0 spiro atoms. The standard InChI is InChI=1S/C34H37F9N4O4/c1-2-46(18-22-5-3-21(4-6-22)13-30(49)50)29-8-7-25(32(35,36)37)14-24(29)20-47(31-44-16-28(17-45-31)51-10-9-48)19-23-11-26(33(38,39)40)15-27(12-23)34(41,42)43/h7-8,11-12,14-17,21-22,48H,2-6,9-10,13,18-20H2,1H3,(H,49,50)/t21-,22-. The van der Waals surface area contributed by atoms with Crippen molar-refractivity contribution < 1.29 is 59.3 Å². The quantitative estimate of drug-likeness (QED) is 0.160. The van der Waals surface area contributed by atoms with E-state index in [0.717, 1.165) is 24.5 Å². The monoisotopic (exact) mass is 736 g/mol. The summed E-state index contributed by atoms with van der Waals surface area (Å²) in [5.41, 5.74) is -4.14. The highest BCUT2D eigenvalue weighted by molar-refractivity contribution is 5.67. The molecule has 1 aliphatic rings. The van der Waals surface area contributed by atoms with E-state index in [1.165, 1.54) is 11.0 Å². The molecule has 1 fully saturated rings. The predicted molar refractivity (Wildman–Crippen MR) is 168 cm³/mol. The van der Waals surface area contributed by atoms with Gasteiger partial charge in [-0.05, 0) is 92.0 Å². The number of aliphatic hydroxyl groups excluding tert-OH is 1. The number of alkyl halides is 9. The normalized spacial score (nSPS) is 16.9. The van der Waals surface area contributed by atoms with E-state index in [1.54, 1.807) is 6.92 Å². The number of carbonyl (C=O) groups is 1. The lowest BCUT2D eigenvalue weighted by atomic mass is 9.80. The summed E-state index contributed by atoms with van der Waals surface area (Å²) in [6.07, 6.45) is -9.92. The number of carboxylic acid groups (broad SMARTS) is 1. The Labute approximate surface area is 287 Å². The molecule has 0 unspecified atom stereocenters. The van der Waals surface area contributed by atoms with Gasteiger partial charge in [0, 0.05) is 38.3 Å². The first-order valence-electron chi connectivity index (χ1n) is 16.1. The van der Waals surface area contributed by atoms with E-state index in [4.69, 9.17) is 14.9 Å². The number of hydrogen-bond donors (Lipinski definition) is 2. The number of carboxylic acids is 1. The minimum Gasteiger partial charge on any atom is -0.488 e. The Bertz CT molecular complexity index is 1580. The van der Waals surface area contributed by atoms with Crippen LogP contribution in [0.4, 0.5) is 51.1 Å². The van der Waals surface area contributed by atoms with Gasteiger partial charge in [0.15, 0.2) is 5.75 Å². The van der Waals surface area contributed by atoms with Crippen LogP contribution in [0.2, 0.25) is 0 Å². The number of anilines is 2. The summed E-state index contributed by atoms with van der Waals surface area (Å²) in [5.74, 6) is -0.898. The molecule has 0 bridgehead atoms. The Morgan fingerprint density at radius 2 is 1.37 bits per heavy atom. The minimum absolute atomic E-state index is 0.0171. The van der Waals surface area contributed by atoms with Crippen LogP contribution in [0.15, 0.2) is 48.8 Å². The van der Waals surface area contributed by atoms with Gasteiger partial charge in [0.25, 0.3) is 0 Å². The van der Waals surface area contributed by atoms with Crippen LogP contribution in [0.3, 0.4) is 0 Å². The van der Waals surface area contributed by atoms with Crippen LogP contribution in [0.1, 0.15) is 66.8 Å². The minimum atomic E-state index is -5.13. The fourth-order valence-corrected chi connectivity index (χ4v) is 6.22. The van der Waals surface area contributed by atoms with E-state index in [0.29, 0.717) is 56.6 Å². The first-order chi connectivity index (χ1) is 23.9. The third kappa shape index (κ3) is 11.1. The van der Waals surface area contributed by atoms with Crippen molar-refractivity contribution in [1.82, 2.24) is 9.97 Å². The maximum Gasteiger partial charge on any atom is 0.416 e. The average Bonchev–Trinajstić information content (AvgIpc) is 3.05. The van der Waals surface area contributed by atoms with Crippen LogP contribution >= 0.6 is 0 Å². The van der Waals surface area contributed by atoms with Crippen molar-refractivity contribution in [2.24, 2.45) is 11.8 Å². The third-order valence-corrected chi connectivity index (χ3v) is 8.68. The molecule has 1 heterocycles. The average molecular weight is 737 g/mol. The summed E-state index contributed by atoms with van der Waals surface area (Å²) in [7, 11) is 0. The van der Waals surface area contributed by atoms with Crippen LogP contribution in [0, 0.1) is 11.8 Å². The second-order valence-electron chi connectivity index (χ2n) is 12.4. The zero-order valence-corrected chi connectivity index (χ0v) is 27.5. The summed E-state index contributed by atoms with van der Waals surface area (Å²) in [6, 6.07) is 4.13. The molecule has 3 aromatic rings. The SMILES string of the molecule is CCN(C[C@H]1CC[C@H](CC(=O)O)CC1)c1ccc(C(F)(F)F)cc1CN(Cc1cc(C(F)(F)F)cc(C(F)(F)F)c1)c1ncc(OCCO)cn1. The number of benzene rings is 2. The van der Waals surface area contributed by atoms with E-state index < -0.39 is 59.8 Å². The molecule has 2 aromatic carbocycles. The van der Waals surface area contributed by atoms with Gasteiger partial charge >= 0.3 is 24.5 Å². The molecular formula is C34H37F9N4O4. The van der Waals surface area contributed by atoms with Crippen molar-refractivity contribution in [3.63, 3.8) is 0 Å². The van der Waals surface area contributed by atoms with E-state index in [1.807, 2.05) is 4.90 Å². The molecular weight excluding hydrogens is 699 g/mol. The van der Waals surface area contributed by atoms with E-state index >= 15 is 0 Å². The summed E-state index contributed by atoms with van der Waals surface area (Å²) in [6.45, 7) is 0.993. The maximum atomic E-state index is 14.0. The summed E-state index contributed by atoms with van der Waals surface area (Å²) in [5, 5.41) is 18.2. The van der Waals surface area contributed by atoms with Gasteiger partial charge in [0.1, 0.15) is 6.61 Å². The summed E-state index contributed by atoms with van der Waals surface area (Å²) < 4.78 is 130. The van der Waals surface area contributed by atoms with E-state index in [-0.39, 0.29) is 54.8 Å². The molecule has 1 saturated carbocycles. The highest BCUT2D eigenvalue weighted by Crippen LogP contribution is 2.39. The van der Waals surface area contributed by atoms with Gasteiger partial charge in [-0.3, -0.25) is 4.79 Å². The van der Waals surface area contributed by atoms with E-state index in [2.05, 4.69) is 9.97 Å². The molecule has 51 heavy (non-hydrogen) atoms. The molecule has 0 saturated heterocycles. The molecule has 2 N–H and O–H groups in total. The van der Waals surface area contributed by atoms with Gasteiger partial charge in [-0.2, -0.15) is 39.5 Å². The second-order valence-corrected chi connectivity index (χ2v) is 12.4. The Hall–Kier alpha value is -4.28. The number of aliphatic carboxylic acids is 1. The van der Waals surface area contributed by atoms with Crippen molar-refractivity contribution in [1.29, 1.82) is 0 Å². The maximum absolute atomic E-state index is 14.0. The van der Waals surface area contributed by atoms with Gasteiger partial charge < -0.3 is 24.7 Å². The van der Waals surface area contributed by atoms with Gasteiger partial charge in [-0.15, -0.1) is 0 Å². The molecule has 0 atom stereocenters. The fourth-order valence-electron chi connectivity index (χ4n) is 6.22. The number of aromatic nitrogens is 2. The zero-order valence-electron chi connectivity index (χ0n) is 27.5. The van der Waals surface area contributed by atoms with Crippen LogP contribution in [-0.2, 0) is 36.4 Å². The van der Waals surface area contributed by atoms with Crippen LogP contribution in [0.25, 0.3) is 0 Å². The summed E-state index contributed by atoms with van der Waals surface area (Å²) >= 11 is 0. The third-order valence-electron chi connectivity index (χ3n) is 8.68. The Morgan fingerprint density at radius 1 is 0.804 bits per heavy atom. The number of aliphatic hydroxyl groups is 1. The summed E-state index contributed by atoms with van der Waals surface area (Å²) in [4.78, 5) is 22.5. The largest absolute Gasteiger partial charge is 0.488 e. The topological polar surface area (TPSA) is 99.0 Å². The Kier molecular flexibility index (Phi) is 12.7. The zero-order chi connectivity index (χ0) is 37.6. The Balaban J connectivity index is 1.76. The lowest BCUT2D eigenvalue weighted by Crippen LogP contribution is -2.33. The van der Waals surface area contributed by atoms with Gasteiger partial charge in [0.05, 0.1) is 35.7 Å². The lowest BCUT2D eigenvalue weighted by molar-refractivity contribution is -0.143. The number of ether oxygens (including phenoxy) is 1. The Morgan fingerprint density at radius 3 is 1.88 bits per heavy atom. The fraction of sp³-hybridized carbons (Fsp3) is 0.500. The molecule has 1 aromatic heterocycles. The van der Waals surface area contributed by atoms with Gasteiger partial charge in [-0.25, -0.2) is 9.97 Å². The van der Waals surface area contributed by atoms with Crippen molar-refractivity contribution in [2.45, 2.75) is 70.6 Å². The molecule has 1 aliphatic carbocycles. The molecule has 17 heteroatoms. The predicted octanol–water partition coefficient (Wildman–Crippen LogP) is 8.22.